The Balaban J connectivity index is 0.00000144. The average Bonchev–Trinajstić information content (AvgIpc) is 2.56. The lowest BCUT2D eigenvalue weighted by atomic mass is 10.1. The number of benzene rings is 4. The summed E-state index contributed by atoms with van der Waals surface area (Å²) in [7, 11) is 0.684. The van der Waals surface area contributed by atoms with Crippen LogP contribution in [0.1, 0.15) is 0 Å². The highest BCUT2D eigenvalue weighted by Crippen LogP contribution is 2.23. The van der Waals surface area contributed by atoms with E-state index in [1.165, 1.54) is 32.2 Å². The largest absolute Gasteiger partial charge is 0.0616 e. The van der Waals surface area contributed by atoms with E-state index < -0.39 is 0 Å². The Hall–Kier alpha value is -2.11. The fraction of sp³-hybridized carbons (Fsp3) is 0. The SMILES string of the molecule is [B].c1ccc2c(Pc3cccc4ccccc34)cccc2c1. The van der Waals surface area contributed by atoms with Crippen LogP contribution in [0.4, 0.5) is 0 Å². The molecular weight excluding hydrogens is 282 g/mol. The highest BCUT2D eigenvalue weighted by molar-refractivity contribution is 7.56. The second kappa shape index (κ2) is 6.34. The summed E-state index contributed by atoms with van der Waals surface area (Å²) in [6.07, 6.45) is 0. The van der Waals surface area contributed by atoms with Gasteiger partial charge < -0.3 is 0 Å². The molecule has 0 bridgehead atoms. The summed E-state index contributed by atoms with van der Waals surface area (Å²) in [5, 5.41) is 8.22. The summed E-state index contributed by atoms with van der Waals surface area (Å²) in [6, 6.07) is 30.5. The lowest BCUT2D eigenvalue weighted by Crippen LogP contribution is -2.05. The molecule has 4 aromatic carbocycles. The molecule has 0 amide bonds. The zero-order chi connectivity index (χ0) is 14.1. The zero-order valence-electron chi connectivity index (χ0n) is 12.2. The third-order valence-corrected chi connectivity index (χ3v) is 5.26. The Labute approximate surface area is 134 Å². The van der Waals surface area contributed by atoms with E-state index in [1.807, 2.05) is 0 Å². The van der Waals surface area contributed by atoms with Crippen molar-refractivity contribution in [2.75, 3.05) is 0 Å². The fourth-order valence-corrected chi connectivity index (χ4v) is 4.19. The summed E-state index contributed by atoms with van der Waals surface area (Å²) < 4.78 is 0. The molecule has 0 aliphatic carbocycles. The molecule has 0 spiro atoms. The van der Waals surface area contributed by atoms with Crippen LogP contribution in [0.3, 0.4) is 0 Å². The second-order valence-electron chi connectivity index (χ2n) is 5.18. The van der Waals surface area contributed by atoms with Crippen molar-refractivity contribution in [2.24, 2.45) is 0 Å². The third-order valence-electron chi connectivity index (χ3n) is 3.85. The highest BCUT2D eigenvalue weighted by atomic mass is 31.1. The van der Waals surface area contributed by atoms with Crippen molar-refractivity contribution >= 4 is 49.1 Å². The summed E-state index contributed by atoms with van der Waals surface area (Å²) in [6.45, 7) is 0. The topological polar surface area (TPSA) is 0 Å². The van der Waals surface area contributed by atoms with Gasteiger partial charge in [0.15, 0.2) is 0 Å². The van der Waals surface area contributed by atoms with Crippen molar-refractivity contribution in [3.05, 3.63) is 84.9 Å². The maximum atomic E-state index is 2.25. The van der Waals surface area contributed by atoms with E-state index in [1.54, 1.807) is 0 Å². The van der Waals surface area contributed by atoms with E-state index in [-0.39, 0.29) is 8.41 Å². The number of fused-ring (bicyclic) bond motifs is 2. The van der Waals surface area contributed by atoms with Gasteiger partial charge in [0.2, 0.25) is 0 Å². The molecule has 2 heteroatoms. The maximum absolute atomic E-state index is 2.25. The van der Waals surface area contributed by atoms with Gasteiger partial charge in [0.25, 0.3) is 0 Å². The van der Waals surface area contributed by atoms with Gasteiger partial charge >= 0.3 is 0 Å². The lowest BCUT2D eigenvalue weighted by molar-refractivity contribution is 1.77. The van der Waals surface area contributed by atoms with Gasteiger partial charge in [-0.3, -0.25) is 0 Å². The van der Waals surface area contributed by atoms with Gasteiger partial charge in [-0.05, 0) is 32.2 Å². The Morgan fingerprint density at radius 2 is 0.864 bits per heavy atom. The van der Waals surface area contributed by atoms with E-state index in [9.17, 15) is 0 Å². The first kappa shape index (κ1) is 14.8. The smallest absolute Gasteiger partial charge is 0 e. The molecule has 4 rings (SSSR count). The molecule has 0 aromatic heterocycles. The third kappa shape index (κ3) is 2.65. The van der Waals surface area contributed by atoms with Crippen molar-refractivity contribution < 1.29 is 0 Å². The minimum atomic E-state index is 0. The predicted octanol–water partition coefficient (Wildman–Crippen LogP) is 4.24. The van der Waals surface area contributed by atoms with Crippen molar-refractivity contribution in [1.82, 2.24) is 0 Å². The fourth-order valence-electron chi connectivity index (χ4n) is 2.81. The van der Waals surface area contributed by atoms with Crippen LogP contribution in [-0.2, 0) is 0 Å². The Bertz CT molecular complexity index is 843. The first-order valence-corrected chi connectivity index (χ1v) is 8.14. The predicted molar refractivity (Wildman–Crippen MR) is 101 cm³/mol. The van der Waals surface area contributed by atoms with Gasteiger partial charge in [0, 0.05) is 8.41 Å². The van der Waals surface area contributed by atoms with E-state index >= 15 is 0 Å². The summed E-state index contributed by atoms with van der Waals surface area (Å²) in [5.41, 5.74) is 0. The van der Waals surface area contributed by atoms with Crippen LogP contribution in [0.15, 0.2) is 84.9 Å². The van der Waals surface area contributed by atoms with Crippen molar-refractivity contribution in [3.63, 3.8) is 0 Å². The van der Waals surface area contributed by atoms with Gasteiger partial charge in [-0.25, -0.2) is 0 Å². The van der Waals surface area contributed by atoms with Crippen LogP contribution in [0.5, 0.6) is 0 Å². The normalized spacial score (nSPS) is 10.5. The first-order chi connectivity index (χ1) is 10.4. The summed E-state index contributed by atoms with van der Waals surface area (Å²) >= 11 is 0. The Morgan fingerprint density at radius 3 is 1.36 bits per heavy atom. The molecule has 0 saturated carbocycles. The quantitative estimate of drug-likeness (QED) is 0.383. The first-order valence-electron chi connectivity index (χ1n) is 7.14. The van der Waals surface area contributed by atoms with E-state index in [4.69, 9.17) is 0 Å². The van der Waals surface area contributed by atoms with Crippen LogP contribution >= 0.6 is 8.58 Å². The van der Waals surface area contributed by atoms with Crippen LogP contribution in [0.25, 0.3) is 21.5 Å². The number of hydrogen-bond acceptors (Lipinski definition) is 0. The minimum absolute atomic E-state index is 0. The van der Waals surface area contributed by atoms with E-state index in [2.05, 4.69) is 84.9 Å². The van der Waals surface area contributed by atoms with Crippen molar-refractivity contribution in [3.8, 4) is 0 Å². The molecule has 22 heavy (non-hydrogen) atoms. The second-order valence-corrected chi connectivity index (χ2v) is 6.51. The standard InChI is InChI=1S/C20H15P.B/c1-3-11-17-15(7-1)9-5-13-19(17)21-20-14-6-10-16-8-2-4-12-18(16)20;/h1-14,21H;. The van der Waals surface area contributed by atoms with Crippen molar-refractivity contribution in [2.45, 2.75) is 0 Å². The van der Waals surface area contributed by atoms with Gasteiger partial charge in [-0.15, -0.1) is 0 Å². The number of rotatable bonds is 2. The molecule has 0 nitrogen and oxygen atoms in total. The highest BCUT2D eigenvalue weighted by Gasteiger charge is 2.04. The van der Waals surface area contributed by atoms with Crippen LogP contribution < -0.4 is 10.6 Å². The van der Waals surface area contributed by atoms with Crippen molar-refractivity contribution in [1.29, 1.82) is 0 Å². The zero-order valence-corrected chi connectivity index (χ0v) is 13.2. The molecule has 103 valence electrons. The molecular formula is C20H15BP. The molecule has 0 aliphatic heterocycles. The number of hydrogen-bond donors (Lipinski definition) is 0. The minimum Gasteiger partial charge on any atom is -0.0616 e. The average molecular weight is 297 g/mol. The van der Waals surface area contributed by atoms with Gasteiger partial charge in [-0.2, -0.15) is 0 Å². The lowest BCUT2D eigenvalue weighted by Gasteiger charge is -2.09. The molecule has 0 unspecified atom stereocenters. The molecule has 0 saturated heterocycles. The van der Waals surface area contributed by atoms with E-state index in [0.717, 1.165) is 0 Å². The molecule has 0 atom stereocenters. The molecule has 0 heterocycles. The van der Waals surface area contributed by atoms with E-state index in [0.29, 0.717) is 8.58 Å². The summed E-state index contributed by atoms with van der Waals surface area (Å²) in [5.74, 6) is 0. The Kier molecular flexibility index (Phi) is 4.27. The van der Waals surface area contributed by atoms with Gasteiger partial charge in [0.1, 0.15) is 0 Å². The van der Waals surface area contributed by atoms with Gasteiger partial charge in [-0.1, -0.05) is 93.5 Å². The molecule has 0 fully saturated rings. The summed E-state index contributed by atoms with van der Waals surface area (Å²) in [4.78, 5) is 0. The Morgan fingerprint density at radius 1 is 0.455 bits per heavy atom. The van der Waals surface area contributed by atoms with Crippen LogP contribution in [-0.4, -0.2) is 8.41 Å². The monoisotopic (exact) mass is 297 g/mol. The van der Waals surface area contributed by atoms with Crippen LogP contribution in [0, 0.1) is 0 Å². The maximum Gasteiger partial charge on any atom is 0 e. The molecule has 0 aliphatic rings. The molecule has 3 radical (unpaired) electrons. The van der Waals surface area contributed by atoms with Crippen LogP contribution in [0.2, 0.25) is 0 Å². The molecule has 4 aromatic rings. The van der Waals surface area contributed by atoms with Gasteiger partial charge in [0.05, 0.1) is 0 Å². The molecule has 0 N–H and O–H groups in total.